The lowest BCUT2D eigenvalue weighted by atomic mass is 10.1. The molecule has 1 N–H and O–H groups in total. The molecule has 0 saturated carbocycles. The lowest BCUT2D eigenvalue weighted by Gasteiger charge is -2.22. The summed E-state index contributed by atoms with van der Waals surface area (Å²) in [6, 6.07) is 9.99. The average molecular weight is 378 g/mol. The van der Waals surface area contributed by atoms with Crippen molar-refractivity contribution < 1.29 is 9.59 Å². The molecule has 2 aromatic heterocycles. The maximum absolute atomic E-state index is 12.9. The first kappa shape index (κ1) is 18.3. The van der Waals surface area contributed by atoms with Gasteiger partial charge in [0.05, 0.1) is 12.0 Å². The Morgan fingerprint density at radius 1 is 1.04 bits per heavy atom. The smallest absolute Gasteiger partial charge is 0.255 e. The average Bonchev–Trinajstić information content (AvgIpc) is 3.15. The lowest BCUT2D eigenvalue weighted by molar-refractivity contribution is -0.130. The number of carbonyl (C=O) groups excluding carboxylic acids is 2. The van der Waals surface area contributed by atoms with Crippen molar-refractivity contribution in [3.63, 3.8) is 0 Å². The van der Waals surface area contributed by atoms with Crippen molar-refractivity contribution in [2.24, 2.45) is 7.05 Å². The fourth-order valence-electron chi connectivity index (χ4n) is 4.07. The van der Waals surface area contributed by atoms with Gasteiger partial charge in [-0.05, 0) is 31.0 Å². The second kappa shape index (κ2) is 7.54. The third kappa shape index (κ3) is 3.42. The van der Waals surface area contributed by atoms with Crippen LogP contribution in [0.1, 0.15) is 28.0 Å². The molecule has 0 aliphatic carbocycles. The minimum Gasteiger partial charge on any atom is -0.365 e. The molecule has 1 saturated heterocycles. The van der Waals surface area contributed by atoms with E-state index in [1.54, 1.807) is 6.20 Å². The summed E-state index contributed by atoms with van der Waals surface area (Å²) < 4.78 is 2.07. The molecule has 0 unspecified atom stereocenters. The van der Waals surface area contributed by atoms with E-state index >= 15 is 0 Å². The van der Waals surface area contributed by atoms with E-state index in [9.17, 15) is 9.59 Å². The van der Waals surface area contributed by atoms with Gasteiger partial charge in [0, 0.05) is 62.2 Å². The molecule has 2 amide bonds. The summed E-state index contributed by atoms with van der Waals surface area (Å²) in [6.45, 7) is 4.44. The van der Waals surface area contributed by atoms with E-state index in [0.29, 0.717) is 32.6 Å². The molecule has 0 atom stereocenters. The number of H-pyrrole nitrogens is 1. The van der Waals surface area contributed by atoms with Crippen LogP contribution >= 0.6 is 0 Å². The standard InChI is InChI=1S/C22H26N4O2/c1-16-18(8-9-23-16)22(28)26-11-5-10-25(12-13-26)21(27)14-17-15-24(2)20-7-4-3-6-19(17)20/h3-4,6-9,15,23H,5,10-14H2,1-2H3. The molecule has 3 aromatic rings. The van der Waals surface area contributed by atoms with Gasteiger partial charge < -0.3 is 19.4 Å². The highest BCUT2D eigenvalue weighted by Crippen LogP contribution is 2.21. The van der Waals surface area contributed by atoms with Crippen LogP contribution in [0.2, 0.25) is 0 Å². The highest BCUT2D eigenvalue weighted by molar-refractivity contribution is 5.95. The summed E-state index contributed by atoms with van der Waals surface area (Å²) in [4.78, 5) is 32.5. The van der Waals surface area contributed by atoms with E-state index in [1.165, 1.54) is 0 Å². The SMILES string of the molecule is Cc1[nH]ccc1C(=O)N1CCCN(C(=O)Cc2cn(C)c3ccccc23)CC1. The number of aromatic amines is 1. The third-order valence-electron chi connectivity index (χ3n) is 5.64. The molecule has 4 rings (SSSR count). The Morgan fingerprint density at radius 3 is 2.57 bits per heavy atom. The second-order valence-corrected chi connectivity index (χ2v) is 7.50. The second-order valence-electron chi connectivity index (χ2n) is 7.50. The fraction of sp³-hybridized carbons (Fsp3) is 0.364. The van der Waals surface area contributed by atoms with Gasteiger partial charge >= 0.3 is 0 Å². The number of aromatic nitrogens is 2. The van der Waals surface area contributed by atoms with Crippen molar-refractivity contribution in [2.45, 2.75) is 19.8 Å². The van der Waals surface area contributed by atoms with Crippen LogP contribution in [0.5, 0.6) is 0 Å². The molecule has 6 heteroatoms. The summed E-state index contributed by atoms with van der Waals surface area (Å²) in [5.41, 5.74) is 3.80. The van der Waals surface area contributed by atoms with Crippen LogP contribution in [0.25, 0.3) is 10.9 Å². The van der Waals surface area contributed by atoms with Gasteiger partial charge in [-0.2, -0.15) is 0 Å². The van der Waals surface area contributed by atoms with E-state index in [1.807, 2.05) is 48.2 Å². The van der Waals surface area contributed by atoms with Gasteiger partial charge in [0.15, 0.2) is 0 Å². The van der Waals surface area contributed by atoms with E-state index < -0.39 is 0 Å². The number of nitrogens with one attached hydrogen (secondary N) is 1. The van der Waals surface area contributed by atoms with E-state index in [0.717, 1.165) is 34.1 Å². The molecule has 3 heterocycles. The van der Waals surface area contributed by atoms with Gasteiger partial charge in [-0.25, -0.2) is 0 Å². The number of hydrogen-bond donors (Lipinski definition) is 1. The van der Waals surface area contributed by atoms with Crippen molar-refractivity contribution in [3.8, 4) is 0 Å². The number of para-hydroxylation sites is 1. The zero-order valence-electron chi connectivity index (χ0n) is 16.4. The van der Waals surface area contributed by atoms with Crippen LogP contribution in [-0.4, -0.2) is 57.3 Å². The molecule has 0 bridgehead atoms. The molecule has 1 fully saturated rings. The Labute approximate surface area is 164 Å². The van der Waals surface area contributed by atoms with Gasteiger partial charge in [0.25, 0.3) is 5.91 Å². The third-order valence-corrected chi connectivity index (χ3v) is 5.64. The number of carbonyl (C=O) groups is 2. The summed E-state index contributed by atoms with van der Waals surface area (Å²) in [6.07, 6.45) is 5.04. The maximum Gasteiger partial charge on any atom is 0.255 e. The number of amides is 2. The Kier molecular flexibility index (Phi) is 4.94. The highest BCUT2D eigenvalue weighted by Gasteiger charge is 2.24. The molecule has 0 radical (unpaired) electrons. The number of aryl methyl sites for hydroxylation is 2. The Morgan fingerprint density at radius 2 is 1.79 bits per heavy atom. The van der Waals surface area contributed by atoms with Crippen molar-refractivity contribution in [3.05, 3.63) is 59.5 Å². The summed E-state index contributed by atoms with van der Waals surface area (Å²) in [7, 11) is 2.01. The molecule has 1 aliphatic rings. The first-order valence-corrected chi connectivity index (χ1v) is 9.78. The molecule has 1 aliphatic heterocycles. The van der Waals surface area contributed by atoms with Crippen LogP contribution in [0.15, 0.2) is 42.7 Å². The molecule has 0 spiro atoms. The molecular formula is C22H26N4O2. The van der Waals surface area contributed by atoms with E-state index in [-0.39, 0.29) is 11.8 Å². The molecular weight excluding hydrogens is 352 g/mol. The highest BCUT2D eigenvalue weighted by atomic mass is 16.2. The van der Waals surface area contributed by atoms with E-state index in [4.69, 9.17) is 0 Å². The number of rotatable bonds is 3. The quantitative estimate of drug-likeness (QED) is 0.762. The first-order chi connectivity index (χ1) is 13.5. The molecule has 1 aromatic carbocycles. The number of hydrogen-bond acceptors (Lipinski definition) is 2. The Hall–Kier alpha value is -3.02. The lowest BCUT2D eigenvalue weighted by Crippen LogP contribution is -2.38. The number of nitrogens with zero attached hydrogens (tertiary/aromatic N) is 3. The number of benzene rings is 1. The van der Waals surface area contributed by atoms with Crippen LogP contribution in [0, 0.1) is 6.92 Å². The maximum atomic E-state index is 12.9. The van der Waals surface area contributed by atoms with E-state index in [2.05, 4.69) is 21.7 Å². The van der Waals surface area contributed by atoms with Crippen LogP contribution in [0.3, 0.4) is 0 Å². The Balaban J connectivity index is 1.43. The minimum atomic E-state index is 0.0436. The van der Waals surface area contributed by atoms with Crippen molar-refractivity contribution in [1.29, 1.82) is 0 Å². The van der Waals surface area contributed by atoms with Gasteiger partial charge in [0.1, 0.15) is 0 Å². The predicted molar refractivity (Wildman–Crippen MR) is 109 cm³/mol. The van der Waals surface area contributed by atoms with Gasteiger partial charge in [-0.1, -0.05) is 18.2 Å². The largest absolute Gasteiger partial charge is 0.365 e. The fourth-order valence-corrected chi connectivity index (χ4v) is 4.07. The zero-order chi connectivity index (χ0) is 19.7. The molecule has 146 valence electrons. The first-order valence-electron chi connectivity index (χ1n) is 9.78. The topological polar surface area (TPSA) is 61.3 Å². The molecule has 28 heavy (non-hydrogen) atoms. The normalized spacial score (nSPS) is 15.1. The van der Waals surface area contributed by atoms with Crippen molar-refractivity contribution in [1.82, 2.24) is 19.4 Å². The molecule has 6 nitrogen and oxygen atoms in total. The number of fused-ring (bicyclic) bond motifs is 1. The van der Waals surface area contributed by atoms with Crippen LogP contribution in [0.4, 0.5) is 0 Å². The van der Waals surface area contributed by atoms with Crippen LogP contribution < -0.4 is 0 Å². The summed E-state index contributed by atoms with van der Waals surface area (Å²) in [5.74, 6) is 0.172. The van der Waals surface area contributed by atoms with Crippen molar-refractivity contribution >= 4 is 22.7 Å². The van der Waals surface area contributed by atoms with Crippen molar-refractivity contribution in [2.75, 3.05) is 26.2 Å². The predicted octanol–water partition coefficient (Wildman–Crippen LogP) is 2.73. The zero-order valence-corrected chi connectivity index (χ0v) is 16.4. The van der Waals surface area contributed by atoms with Crippen LogP contribution in [-0.2, 0) is 18.3 Å². The monoisotopic (exact) mass is 378 g/mol. The summed E-state index contributed by atoms with van der Waals surface area (Å²) in [5, 5.41) is 1.13. The Bertz CT molecular complexity index is 1020. The van der Waals surface area contributed by atoms with Gasteiger partial charge in [0.2, 0.25) is 5.91 Å². The van der Waals surface area contributed by atoms with Gasteiger partial charge in [-0.3, -0.25) is 9.59 Å². The van der Waals surface area contributed by atoms with Gasteiger partial charge in [-0.15, -0.1) is 0 Å². The minimum absolute atomic E-state index is 0.0436. The summed E-state index contributed by atoms with van der Waals surface area (Å²) >= 11 is 0.